The normalized spacial score (nSPS) is 14.6. The lowest BCUT2D eigenvalue weighted by molar-refractivity contribution is 0.259. The van der Waals surface area contributed by atoms with Gasteiger partial charge >= 0.3 is 0 Å². The molecule has 3 nitrogen and oxygen atoms in total. The van der Waals surface area contributed by atoms with Crippen LogP contribution in [0.5, 0.6) is 5.75 Å². The lowest BCUT2D eigenvalue weighted by atomic mass is 9.87. The van der Waals surface area contributed by atoms with E-state index in [0.717, 1.165) is 5.75 Å². The molecule has 0 amide bonds. The minimum atomic E-state index is -0.546. The van der Waals surface area contributed by atoms with E-state index in [9.17, 15) is 5.26 Å². The van der Waals surface area contributed by atoms with Crippen LogP contribution in [-0.2, 0) is 5.41 Å². The maximum absolute atomic E-state index is 9.31. The lowest BCUT2D eigenvalue weighted by Gasteiger charge is -2.26. The first-order valence-corrected chi connectivity index (χ1v) is 7.58. The summed E-state index contributed by atoms with van der Waals surface area (Å²) < 4.78 is 5.83. The third-order valence-electron chi connectivity index (χ3n) is 3.42. The summed E-state index contributed by atoms with van der Waals surface area (Å²) in [6.45, 7) is 13.1. The van der Waals surface area contributed by atoms with Crippen LogP contribution < -0.4 is 10.1 Å². The van der Waals surface area contributed by atoms with Crippen molar-refractivity contribution in [3.63, 3.8) is 0 Å². The third-order valence-corrected chi connectivity index (χ3v) is 3.42. The highest BCUT2D eigenvalue weighted by Gasteiger charge is 2.24. The molecule has 0 aliphatic carbocycles. The van der Waals surface area contributed by atoms with Gasteiger partial charge in [0, 0.05) is 12.5 Å². The van der Waals surface area contributed by atoms with E-state index in [2.05, 4.69) is 44.3 Å². The Bertz CT molecular complexity index is 497. The molecule has 0 aromatic heterocycles. The van der Waals surface area contributed by atoms with Gasteiger partial charge in [0.25, 0.3) is 0 Å². The van der Waals surface area contributed by atoms with Crippen LogP contribution in [0.2, 0.25) is 0 Å². The van der Waals surface area contributed by atoms with Gasteiger partial charge in [0.1, 0.15) is 11.3 Å². The summed E-state index contributed by atoms with van der Waals surface area (Å²) in [6.07, 6.45) is 0.654. The van der Waals surface area contributed by atoms with Gasteiger partial charge in [-0.2, -0.15) is 5.26 Å². The molecule has 1 unspecified atom stereocenters. The van der Waals surface area contributed by atoms with Crippen LogP contribution in [0.4, 0.5) is 0 Å². The SMILES string of the molecule is CC(C)NC(C)(C#N)CCOc1cccc(C(C)(C)C)c1. The van der Waals surface area contributed by atoms with Crippen LogP contribution in [0.25, 0.3) is 0 Å². The number of ether oxygens (including phenoxy) is 1. The van der Waals surface area contributed by atoms with Gasteiger partial charge < -0.3 is 4.74 Å². The van der Waals surface area contributed by atoms with Gasteiger partial charge in [0.05, 0.1) is 12.7 Å². The Labute approximate surface area is 129 Å². The topological polar surface area (TPSA) is 45.0 Å². The second-order valence-corrected chi connectivity index (χ2v) is 7.12. The van der Waals surface area contributed by atoms with E-state index in [1.807, 2.05) is 32.9 Å². The predicted octanol–water partition coefficient (Wildman–Crippen LogP) is 4.03. The number of hydrogen-bond acceptors (Lipinski definition) is 3. The average molecular weight is 288 g/mol. The molecule has 0 bridgehead atoms. The van der Waals surface area contributed by atoms with Crippen LogP contribution in [0.1, 0.15) is 53.5 Å². The Morgan fingerprint density at radius 2 is 1.90 bits per heavy atom. The van der Waals surface area contributed by atoms with Gasteiger partial charge in [0.2, 0.25) is 0 Å². The second-order valence-electron chi connectivity index (χ2n) is 7.12. The average Bonchev–Trinajstić information content (AvgIpc) is 2.37. The molecule has 116 valence electrons. The van der Waals surface area contributed by atoms with E-state index in [0.29, 0.717) is 13.0 Å². The number of benzene rings is 1. The van der Waals surface area contributed by atoms with Crippen molar-refractivity contribution in [2.45, 2.75) is 65.0 Å². The van der Waals surface area contributed by atoms with Crippen molar-refractivity contribution in [3.05, 3.63) is 29.8 Å². The molecule has 3 heteroatoms. The van der Waals surface area contributed by atoms with E-state index < -0.39 is 5.54 Å². The fraction of sp³-hybridized carbons (Fsp3) is 0.611. The van der Waals surface area contributed by atoms with Crippen LogP contribution in [0.3, 0.4) is 0 Å². The first-order valence-electron chi connectivity index (χ1n) is 7.58. The van der Waals surface area contributed by atoms with Gasteiger partial charge in [-0.15, -0.1) is 0 Å². The van der Waals surface area contributed by atoms with Crippen molar-refractivity contribution >= 4 is 0 Å². The van der Waals surface area contributed by atoms with E-state index in [4.69, 9.17) is 4.74 Å². The Morgan fingerprint density at radius 1 is 1.24 bits per heavy atom. The van der Waals surface area contributed by atoms with E-state index >= 15 is 0 Å². The summed E-state index contributed by atoms with van der Waals surface area (Å²) in [4.78, 5) is 0. The van der Waals surface area contributed by atoms with Gasteiger partial charge in [-0.1, -0.05) is 32.9 Å². The van der Waals surface area contributed by atoms with Crippen molar-refractivity contribution in [2.24, 2.45) is 0 Å². The highest BCUT2D eigenvalue weighted by molar-refractivity contribution is 5.32. The van der Waals surface area contributed by atoms with Crippen LogP contribution in [0.15, 0.2) is 24.3 Å². The lowest BCUT2D eigenvalue weighted by Crippen LogP contribution is -2.45. The standard InChI is InChI=1S/C18H28N2O/c1-14(2)20-18(6,13-19)10-11-21-16-9-7-8-15(12-16)17(3,4)5/h7-9,12,14,20H,10-11H2,1-6H3. The minimum absolute atomic E-state index is 0.111. The fourth-order valence-corrected chi connectivity index (χ4v) is 2.22. The van der Waals surface area contributed by atoms with Gasteiger partial charge in [-0.25, -0.2) is 0 Å². The quantitative estimate of drug-likeness (QED) is 0.859. The Hall–Kier alpha value is -1.53. The zero-order chi connectivity index (χ0) is 16.1. The van der Waals surface area contributed by atoms with Crippen LogP contribution in [-0.4, -0.2) is 18.2 Å². The first-order chi connectivity index (χ1) is 9.66. The molecule has 0 saturated heterocycles. The zero-order valence-corrected chi connectivity index (χ0v) is 14.2. The number of rotatable bonds is 6. The molecular weight excluding hydrogens is 260 g/mol. The minimum Gasteiger partial charge on any atom is -0.493 e. The Kier molecular flexibility index (Phi) is 5.80. The molecular formula is C18H28N2O. The molecule has 0 aliphatic rings. The summed E-state index contributed by atoms with van der Waals surface area (Å²) >= 11 is 0. The molecule has 21 heavy (non-hydrogen) atoms. The van der Waals surface area contributed by atoms with Gasteiger partial charge in [-0.3, -0.25) is 5.32 Å². The molecule has 0 saturated carbocycles. The number of nitriles is 1. The molecule has 1 aromatic carbocycles. The summed E-state index contributed by atoms with van der Waals surface area (Å²) in [7, 11) is 0. The monoisotopic (exact) mass is 288 g/mol. The maximum Gasteiger partial charge on any atom is 0.119 e. The first kappa shape index (κ1) is 17.5. The van der Waals surface area contributed by atoms with Crippen molar-refractivity contribution in [1.29, 1.82) is 5.26 Å². The van der Waals surface area contributed by atoms with Crippen molar-refractivity contribution < 1.29 is 4.74 Å². The molecule has 0 fully saturated rings. The third kappa shape index (κ3) is 5.77. The van der Waals surface area contributed by atoms with Crippen molar-refractivity contribution in [3.8, 4) is 11.8 Å². The smallest absolute Gasteiger partial charge is 0.119 e. The Balaban J connectivity index is 2.62. The number of hydrogen-bond donors (Lipinski definition) is 1. The molecule has 0 aliphatic heterocycles. The molecule has 1 aromatic rings. The second kappa shape index (κ2) is 6.95. The molecule has 1 rings (SSSR count). The molecule has 1 atom stereocenters. The highest BCUT2D eigenvalue weighted by Crippen LogP contribution is 2.25. The van der Waals surface area contributed by atoms with Gasteiger partial charge in [-0.05, 0) is 43.9 Å². The molecule has 0 heterocycles. The predicted molar refractivity (Wildman–Crippen MR) is 87.5 cm³/mol. The van der Waals surface area contributed by atoms with Crippen LogP contribution in [0, 0.1) is 11.3 Å². The molecule has 0 spiro atoms. The van der Waals surface area contributed by atoms with E-state index in [-0.39, 0.29) is 11.5 Å². The van der Waals surface area contributed by atoms with E-state index in [1.165, 1.54) is 5.56 Å². The van der Waals surface area contributed by atoms with Crippen LogP contribution >= 0.6 is 0 Å². The van der Waals surface area contributed by atoms with Crippen molar-refractivity contribution in [2.75, 3.05) is 6.61 Å². The summed E-state index contributed by atoms with van der Waals surface area (Å²) in [5.74, 6) is 0.868. The molecule has 0 radical (unpaired) electrons. The fourth-order valence-electron chi connectivity index (χ4n) is 2.22. The Morgan fingerprint density at radius 3 is 2.43 bits per heavy atom. The van der Waals surface area contributed by atoms with Gasteiger partial charge in [0.15, 0.2) is 0 Å². The zero-order valence-electron chi connectivity index (χ0n) is 14.2. The summed E-state index contributed by atoms with van der Waals surface area (Å²) in [6, 6.07) is 10.8. The number of nitrogens with one attached hydrogen (secondary N) is 1. The summed E-state index contributed by atoms with van der Waals surface area (Å²) in [5, 5.41) is 12.6. The summed E-state index contributed by atoms with van der Waals surface area (Å²) in [5.41, 5.74) is 0.818. The maximum atomic E-state index is 9.31. The largest absolute Gasteiger partial charge is 0.493 e. The highest BCUT2D eigenvalue weighted by atomic mass is 16.5. The van der Waals surface area contributed by atoms with E-state index in [1.54, 1.807) is 0 Å². The van der Waals surface area contributed by atoms with Crippen molar-refractivity contribution in [1.82, 2.24) is 5.32 Å². The molecule has 1 N–H and O–H groups in total. The number of nitrogens with zero attached hydrogens (tertiary/aromatic N) is 1.